The van der Waals surface area contributed by atoms with Crippen molar-refractivity contribution in [1.29, 1.82) is 0 Å². The number of halogens is 1. The lowest BCUT2D eigenvalue weighted by Gasteiger charge is -2.24. The summed E-state index contributed by atoms with van der Waals surface area (Å²) in [5.74, 6) is -0.767. The molecule has 0 unspecified atom stereocenters. The number of likely N-dealkylation sites (N-methyl/N-ethyl adjacent to an activating group) is 1. The Morgan fingerprint density at radius 3 is 2.74 bits per heavy atom. The molecule has 19 heavy (non-hydrogen) atoms. The Morgan fingerprint density at radius 1 is 1.53 bits per heavy atom. The number of primary amides is 1. The maximum absolute atomic E-state index is 14.0. The molecule has 0 saturated heterocycles. The summed E-state index contributed by atoms with van der Waals surface area (Å²) >= 11 is 0. The van der Waals surface area contributed by atoms with Crippen molar-refractivity contribution >= 4 is 12.2 Å². The highest BCUT2D eigenvalue weighted by Gasteiger charge is 2.47. The highest BCUT2D eigenvalue weighted by Crippen LogP contribution is 2.50. The van der Waals surface area contributed by atoms with Crippen LogP contribution in [0, 0.1) is 5.82 Å². The molecule has 2 rings (SSSR count). The molecule has 2 N–H and O–H groups in total. The fourth-order valence-corrected chi connectivity index (χ4v) is 2.68. The Hall–Kier alpha value is -1.75. The normalized spacial score (nSPS) is 16.4. The first-order valence-corrected chi connectivity index (χ1v) is 6.19. The summed E-state index contributed by atoms with van der Waals surface area (Å²) in [5, 5.41) is 0. The number of rotatable bonds is 6. The summed E-state index contributed by atoms with van der Waals surface area (Å²) in [5.41, 5.74) is 5.66. The van der Waals surface area contributed by atoms with E-state index in [1.807, 2.05) is 0 Å². The maximum Gasteiger partial charge on any atom is 0.231 e. The topological polar surface area (TPSA) is 63.4 Å². The molecule has 0 aliphatic heterocycles. The summed E-state index contributed by atoms with van der Waals surface area (Å²) in [4.78, 5) is 23.7. The van der Waals surface area contributed by atoms with E-state index < -0.39 is 5.91 Å². The fourth-order valence-electron chi connectivity index (χ4n) is 2.68. The minimum atomic E-state index is -0.414. The third-order valence-corrected chi connectivity index (χ3v) is 3.56. The number of carbonyl (C=O) groups is 2. The highest BCUT2D eigenvalue weighted by atomic mass is 19.1. The van der Waals surface area contributed by atoms with Gasteiger partial charge >= 0.3 is 0 Å². The van der Waals surface area contributed by atoms with E-state index in [1.54, 1.807) is 18.0 Å². The number of nitrogens with zero attached hydrogens (tertiary/aromatic N) is 1. The summed E-state index contributed by atoms with van der Waals surface area (Å²) in [6, 6.07) is 4.53. The van der Waals surface area contributed by atoms with E-state index >= 15 is 0 Å². The summed E-state index contributed by atoms with van der Waals surface area (Å²) in [6.45, 7) is 0.657. The van der Waals surface area contributed by atoms with Crippen LogP contribution in [0.4, 0.5) is 4.39 Å². The van der Waals surface area contributed by atoms with Crippen molar-refractivity contribution in [1.82, 2.24) is 4.90 Å². The zero-order valence-electron chi connectivity index (χ0n) is 10.9. The molecule has 0 atom stereocenters. The Kier molecular flexibility index (Phi) is 3.66. The van der Waals surface area contributed by atoms with Crippen molar-refractivity contribution in [3.8, 4) is 0 Å². The number of aldehydes is 1. The molecule has 1 amide bonds. The molecule has 1 fully saturated rings. The molecule has 0 aromatic heterocycles. The molecule has 0 bridgehead atoms. The Morgan fingerprint density at radius 2 is 2.21 bits per heavy atom. The molecule has 1 saturated carbocycles. The van der Waals surface area contributed by atoms with Crippen LogP contribution in [0.2, 0.25) is 0 Å². The quantitative estimate of drug-likeness (QED) is 0.782. The van der Waals surface area contributed by atoms with Gasteiger partial charge in [0, 0.05) is 23.1 Å². The van der Waals surface area contributed by atoms with Crippen LogP contribution in [0.1, 0.15) is 28.8 Å². The van der Waals surface area contributed by atoms with Crippen molar-refractivity contribution in [2.45, 2.75) is 18.3 Å². The minimum absolute atomic E-state index is 0.132. The first-order valence-electron chi connectivity index (χ1n) is 6.19. The fraction of sp³-hybridized carbons (Fsp3) is 0.429. The van der Waals surface area contributed by atoms with Crippen LogP contribution >= 0.6 is 0 Å². The lowest BCUT2D eigenvalue weighted by molar-refractivity contribution is -0.118. The van der Waals surface area contributed by atoms with E-state index in [0.29, 0.717) is 24.0 Å². The number of amides is 1. The SMILES string of the molecule is CN(CC(N)=O)CC1(c2c(F)cccc2C=O)CC1. The second-order valence-corrected chi connectivity index (χ2v) is 5.24. The Labute approximate surface area is 111 Å². The van der Waals surface area contributed by atoms with Crippen LogP contribution in [0.25, 0.3) is 0 Å². The monoisotopic (exact) mass is 264 g/mol. The standard InChI is InChI=1S/C14H17FN2O2/c1-17(7-12(16)19)9-14(5-6-14)13-10(8-18)3-2-4-11(13)15/h2-4,8H,5-7,9H2,1H3,(H2,16,19). The van der Waals surface area contributed by atoms with Gasteiger partial charge < -0.3 is 5.73 Å². The van der Waals surface area contributed by atoms with Crippen molar-refractivity contribution in [2.75, 3.05) is 20.1 Å². The minimum Gasteiger partial charge on any atom is -0.369 e. The van der Waals surface area contributed by atoms with Crippen LogP contribution in [0.3, 0.4) is 0 Å². The van der Waals surface area contributed by atoms with Crippen LogP contribution in [-0.4, -0.2) is 37.2 Å². The lowest BCUT2D eigenvalue weighted by Crippen LogP contribution is -2.36. The summed E-state index contributed by atoms with van der Waals surface area (Å²) in [7, 11) is 1.77. The van der Waals surface area contributed by atoms with Gasteiger partial charge in [-0.25, -0.2) is 4.39 Å². The number of carbonyl (C=O) groups excluding carboxylic acids is 2. The molecule has 0 radical (unpaired) electrons. The first-order chi connectivity index (χ1) is 8.98. The second-order valence-electron chi connectivity index (χ2n) is 5.24. The van der Waals surface area contributed by atoms with Crippen molar-refractivity contribution in [3.63, 3.8) is 0 Å². The van der Waals surface area contributed by atoms with Crippen LogP contribution < -0.4 is 5.73 Å². The predicted molar refractivity (Wildman–Crippen MR) is 69.4 cm³/mol. The molecular weight excluding hydrogens is 247 g/mol. The molecule has 0 heterocycles. The second kappa shape index (κ2) is 5.09. The van der Waals surface area contributed by atoms with Gasteiger partial charge in [-0.1, -0.05) is 12.1 Å². The number of benzene rings is 1. The van der Waals surface area contributed by atoms with E-state index in [2.05, 4.69) is 0 Å². The highest BCUT2D eigenvalue weighted by molar-refractivity contribution is 5.79. The number of hydrogen-bond donors (Lipinski definition) is 1. The largest absolute Gasteiger partial charge is 0.369 e. The van der Waals surface area contributed by atoms with Gasteiger partial charge in [-0.3, -0.25) is 14.5 Å². The van der Waals surface area contributed by atoms with E-state index in [1.165, 1.54) is 12.1 Å². The van der Waals surface area contributed by atoms with Crippen molar-refractivity contribution in [2.24, 2.45) is 5.73 Å². The summed E-state index contributed by atoms with van der Waals surface area (Å²) < 4.78 is 14.0. The molecule has 102 valence electrons. The molecule has 4 nitrogen and oxygen atoms in total. The number of hydrogen-bond acceptors (Lipinski definition) is 3. The zero-order chi connectivity index (χ0) is 14.0. The molecule has 1 aromatic carbocycles. The first kappa shape index (κ1) is 13.7. The lowest BCUT2D eigenvalue weighted by atomic mass is 9.90. The van der Waals surface area contributed by atoms with Gasteiger partial charge in [0.2, 0.25) is 5.91 Å². The Balaban J connectivity index is 2.26. The van der Waals surface area contributed by atoms with E-state index in [4.69, 9.17) is 5.73 Å². The van der Waals surface area contributed by atoms with Crippen molar-refractivity contribution < 1.29 is 14.0 Å². The molecule has 5 heteroatoms. The van der Waals surface area contributed by atoms with Crippen LogP contribution in [-0.2, 0) is 10.2 Å². The van der Waals surface area contributed by atoms with E-state index in [0.717, 1.165) is 12.8 Å². The van der Waals surface area contributed by atoms with Crippen LogP contribution in [0.15, 0.2) is 18.2 Å². The number of nitrogens with two attached hydrogens (primary N) is 1. The van der Waals surface area contributed by atoms with Gasteiger partial charge in [0.15, 0.2) is 0 Å². The van der Waals surface area contributed by atoms with Gasteiger partial charge in [0.25, 0.3) is 0 Å². The molecular formula is C14H17FN2O2. The Bertz CT molecular complexity index is 512. The van der Waals surface area contributed by atoms with Gasteiger partial charge in [-0.2, -0.15) is 0 Å². The molecule has 1 aliphatic carbocycles. The predicted octanol–water partition coefficient (Wildman–Crippen LogP) is 1.09. The van der Waals surface area contributed by atoms with Gasteiger partial charge in [0.05, 0.1) is 6.54 Å². The van der Waals surface area contributed by atoms with E-state index in [-0.39, 0.29) is 17.8 Å². The van der Waals surface area contributed by atoms with Gasteiger partial charge in [-0.05, 0) is 26.0 Å². The third kappa shape index (κ3) is 2.81. The molecule has 1 aromatic rings. The smallest absolute Gasteiger partial charge is 0.231 e. The van der Waals surface area contributed by atoms with Gasteiger partial charge in [0.1, 0.15) is 12.1 Å². The van der Waals surface area contributed by atoms with Gasteiger partial charge in [-0.15, -0.1) is 0 Å². The maximum atomic E-state index is 14.0. The average Bonchev–Trinajstić information content (AvgIpc) is 3.07. The summed E-state index contributed by atoms with van der Waals surface area (Å²) in [6.07, 6.45) is 2.32. The van der Waals surface area contributed by atoms with Crippen LogP contribution in [0.5, 0.6) is 0 Å². The molecule has 0 spiro atoms. The third-order valence-electron chi connectivity index (χ3n) is 3.56. The zero-order valence-corrected chi connectivity index (χ0v) is 10.9. The van der Waals surface area contributed by atoms with E-state index in [9.17, 15) is 14.0 Å². The van der Waals surface area contributed by atoms with Crippen molar-refractivity contribution in [3.05, 3.63) is 35.1 Å². The average molecular weight is 264 g/mol. The molecule has 1 aliphatic rings.